The fourth-order valence-corrected chi connectivity index (χ4v) is 2.61. The molecule has 0 aliphatic carbocycles. The van der Waals surface area contributed by atoms with Crippen LogP contribution in [0.5, 0.6) is 5.75 Å². The minimum Gasteiger partial charge on any atom is -0.490 e. The Morgan fingerprint density at radius 1 is 1.25 bits per heavy atom. The van der Waals surface area contributed by atoms with Crippen molar-refractivity contribution in [2.75, 3.05) is 11.9 Å². The summed E-state index contributed by atoms with van der Waals surface area (Å²) in [5.74, 6) is -0.214. The first-order valence-corrected chi connectivity index (χ1v) is 8.36. The molecule has 0 unspecified atom stereocenters. The monoisotopic (exact) mass is 349 g/mol. The van der Waals surface area contributed by atoms with Crippen molar-refractivity contribution in [2.45, 2.75) is 33.3 Å². The molecule has 0 bridgehead atoms. The number of hydrogen-bond donors (Lipinski definition) is 1. The molecule has 24 heavy (non-hydrogen) atoms. The lowest BCUT2D eigenvalue weighted by atomic mass is 10.2. The molecule has 8 heteroatoms. The molecule has 2 rings (SSSR count). The number of carbonyl (C=O) groups excluding carboxylic acids is 2. The summed E-state index contributed by atoms with van der Waals surface area (Å²) in [6.07, 6.45) is -0.00862. The van der Waals surface area contributed by atoms with Crippen LogP contribution in [0, 0.1) is 0 Å². The van der Waals surface area contributed by atoms with Gasteiger partial charge in [-0.25, -0.2) is 0 Å². The average molecular weight is 349 g/mol. The summed E-state index contributed by atoms with van der Waals surface area (Å²) in [6.45, 7) is 5.83. The van der Waals surface area contributed by atoms with Crippen molar-refractivity contribution in [1.29, 1.82) is 0 Å². The van der Waals surface area contributed by atoms with E-state index in [1.807, 2.05) is 13.8 Å². The van der Waals surface area contributed by atoms with E-state index < -0.39 is 0 Å². The summed E-state index contributed by atoms with van der Waals surface area (Å²) >= 11 is 1.13. The molecule has 0 spiro atoms. The third-order valence-electron chi connectivity index (χ3n) is 2.78. The second-order valence-corrected chi connectivity index (χ2v) is 6.16. The summed E-state index contributed by atoms with van der Waals surface area (Å²) in [4.78, 5) is 23.8. The summed E-state index contributed by atoms with van der Waals surface area (Å²) in [5.41, 5.74) is 0.411. The molecule has 0 aliphatic rings. The molecule has 0 saturated carbocycles. The number of rotatable bonds is 7. The summed E-state index contributed by atoms with van der Waals surface area (Å²) in [5, 5.41) is 11.2. The van der Waals surface area contributed by atoms with Crippen molar-refractivity contribution in [3.8, 4) is 5.75 Å². The molecular formula is C16H19N3O4S. The first-order valence-electron chi connectivity index (χ1n) is 7.54. The second-order valence-electron chi connectivity index (χ2n) is 5.10. The molecule has 1 aromatic heterocycles. The number of hydrogen-bond acceptors (Lipinski definition) is 7. The van der Waals surface area contributed by atoms with Crippen LogP contribution in [-0.4, -0.2) is 34.8 Å². The smallest absolute Gasteiger partial charge is 0.312 e. The molecule has 1 heterocycles. The molecule has 0 saturated heterocycles. The molecule has 0 radical (unpaired) electrons. The van der Waals surface area contributed by atoms with Crippen LogP contribution in [0.25, 0.3) is 0 Å². The van der Waals surface area contributed by atoms with Crippen molar-refractivity contribution in [1.82, 2.24) is 10.2 Å². The van der Waals surface area contributed by atoms with E-state index in [0.717, 1.165) is 11.3 Å². The van der Waals surface area contributed by atoms with Crippen LogP contribution in [0.15, 0.2) is 24.3 Å². The highest BCUT2D eigenvalue weighted by molar-refractivity contribution is 7.15. The Morgan fingerprint density at radius 2 is 2.00 bits per heavy atom. The van der Waals surface area contributed by atoms with Gasteiger partial charge in [0.25, 0.3) is 5.91 Å². The van der Waals surface area contributed by atoms with Crippen LogP contribution in [0.2, 0.25) is 0 Å². The lowest BCUT2D eigenvalue weighted by Crippen LogP contribution is -2.15. The van der Waals surface area contributed by atoms with Crippen molar-refractivity contribution in [2.24, 2.45) is 0 Å². The minimum atomic E-state index is -0.373. The summed E-state index contributed by atoms with van der Waals surface area (Å²) in [7, 11) is 0. The topological polar surface area (TPSA) is 90.4 Å². The van der Waals surface area contributed by atoms with Crippen LogP contribution in [-0.2, 0) is 16.0 Å². The molecule has 0 aliphatic heterocycles. The largest absolute Gasteiger partial charge is 0.490 e. The Morgan fingerprint density at radius 3 is 2.71 bits per heavy atom. The number of benzene rings is 1. The maximum atomic E-state index is 12.4. The molecule has 1 N–H and O–H groups in total. The van der Waals surface area contributed by atoms with Gasteiger partial charge in [-0.1, -0.05) is 23.5 Å². The Bertz CT molecular complexity index is 715. The Balaban J connectivity index is 2.05. The van der Waals surface area contributed by atoms with Crippen molar-refractivity contribution in [3.63, 3.8) is 0 Å². The van der Waals surface area contributed by atoms with E-state index in [1.54, 1.807) is 31.2 Å². The van der Waals surface area contributed by atoms with Gasteiger partial charge >= 0.3 is 5.97 Å². The van der Waals surface area contributed by atoms with Gasteiger partial charge in [0.2, 0.25) is 5.13 Å². The summed E-state index contributed by atoms with van der Waals surface area (Å²) in [6, 6.07) is 6.97. The number of ether oxygens (including phenoxy) is 2. The molecule has 1 amide bonds. The molecule has 0 atom stereocenters. The third-order valence-corrected chi connectivity index (χ3v) is 3.62. The van der Waals surface area contributed by atoms with Gasteiger partial charge in [0.1, 0.15) is 10.8 Å². The van der Waals surface area contributed by atoms with E-state index in [9.17, 15) is 9.59 Å². The quantitative estimate of drug-likeness (QED) is 0.773. The second kappa shape index (κ2) is 8.39. The number of amides is 1. The average Bonchev–Trinajstić information content (AvgIpc) is 2.94. The normalized spacial score (nSPS) is 10.5. The highest BCUT2D eigenvalue weighted by Gasteiger charge is 2.16. The third kappa shape index (κ3) is 5.02. The van der Waals surface area contributed by atoms with E-state index in [1.165, 1.54) is 0 Å². The highest BCUT2D eigenvalue weighted by Crippen LogP contribution is 2.22. The maximum Gasteiger partial charge on any atom is 0.312 e. The Hall–Kier alpha value is -2.48. The number of aromatic nitrogens is 2. The number of nitrogens with one attached hydrogen (secondary N) is 1. The van der Waals surface area contributed by atoms with Gasteiger partial charge in [0.05, 0.1) is 24.7 Å². The number of anilines is 1. The van der Waals surface area contributed by atoms with Crippen molar-refractivity contribution in [3.05, 3.63) is 34.8 Å². The van der Waals surface area contributed by atoms with E-state index in [-0.39, 0.29) is 24.4 Å². The molecule has 128 valence electrons. The number of nitrogens with zero attached hydrogens (tertiary/aromatic N) is 2. The predicted octanol–water partition coefficient (Wildman–Crippen LogP) is 2.68. The van der Waals surface area contributed by atoms with E-state index in [0.29, 0.717) is 28.1 Å². The lowest BCUT2D eigenvalue weighted by molar-refractivity contribution is -0.142. The molecule has 1 aromatic carbocycles. The zero-order valence-corrected chi connectivity index (χ0v) is 14.6. The molecular weight excluding hydrogens is 330 g/mol. The van der Waals surface area contributed by atoms with Gasteiger partial charge in [-0.15, -0.1) is 10.2 Å². The fourth-order valence-electron chi connectivity index (χ4n) is 1.89. The highest BCUT2D eigenvalue weighted by atomic mass is 32.1. The Labute approximate surface area is 144 Å². The van der Waals surface area contributed by atoms with E-state index in [4.69, 9.17) is 9.47 Å². The molecule has 2 aromatic rings. The van der Waals surface area contributed by atoms with Gasteiger partial charge < -0.3 is 9.47 Å². The van der Waals surface area contributed by atoms with Gasteiger partial charge in [0, 0.05) is 0 Å². The van der Waals surface area contributed by atoms with Gasteiger partial charge in [-0.3, -0.25) is 14.9 Å². The summed E-state index contributed by atoms with van der Waals surface area (Å²) < 4.78 is 10.5. The van der Waals surface area contributed by atoms with Gasteiger partial charge in [-0.2, -0.15) is 0 Å². The fraction of sp³-hybridized carbons (Fsp3) is 0.375. The zero-order chi connectivity index (χ0) is 17.5. The zero-order valence-electron chi connectivity index (χ0n) is 13.7. The maximum absolute atomic E-state index is 12.4. The molecule has 7 nitrogen and oxygen atoms in total. The Kier molecular flexibility index (Phi) is 6.25. The standard InChI is InChI=1S/C16H19N3O4S/c1-4-22-14(20)9-13-18-19-16(24-13)17-15(21)11-7-5-6-8-12(11)23-10(2)3/h5-8,10H,4,9H2,1-3H3,(H,17,19,21). The van der Waals surface area contributed by atoms with Crippen molar-refractivity contribution >= 4 is 28.3 Å². The number of esters is 1. The lowest BCUT2D eigenvalue weighted by Gasteiger charge is -2.13. The van der Waals surface area contributed by atoms with Crippen molar-refractivity contribution < 1.29 is 19.1 Å². The number of para-hydroxylation sites is 1. The van der Waals surface area contributed by atoms with E-state index in [2.05, 4.69) is 15.5 Å². The van der Waals surface area contributed by atoms with Crippen LogP contribution in [0.3, 0.4) is 0 Å². The first kappa shape index (κ1) is 17.9. The minimum absolute atomic E-state index is 0.0361. The van der Waals surface area contributed by atoms with Gasteiger partial charge in [-0.05, 0) is 32.9 Å². The predicted molar refractivity (Wildman–Crippen MR) is 90.4 cm³/mol. The molecule has 0 fully saturated rings. The van der Waals surface area contributed by atoms with E-state index >= 15 is 0 Å². The van der Waals surface area contributed by atoms with Crippen LogP contribution < -0.4 is 10.1 Å². The first-order chi connectivity index (χ1) is 11.5. The SMILES string of the molecule is CCOC(=O)Cc1nnc(NC(=O)c2ccccc2OC(C)C)s1. The van der Waals surface area contributed by atoms with Gasteiger partial charge in [0.15, 0.2) is 0 Å². The van der Waals surface area contributed by atoms with Crippen LogP contribution >= 0.6 is 11.3 Å². The van der Waals surface area contributed by atoms with Crippen LogP contribution in [0.4, 0.5) is 5.13 Å². The number of carbonyl (C=O) groups is 2. The van der Waals surface area contributed by atoms with Crippen LogP contribution in [0.1, 0.15) is 36.1 Å².